The van der Waals surface area contributed by atoms with Gasteiger partial charge in [-0.2, -0.15) is 9.97 Å². The highest BCUT2D eigenvalue weighted by Gasteiger charge is 2.40. The standard InChI is InChI=1S/C12H19N3O6S2/c1-12(17,6-23(4,18)19)9(10(13)16)22-11-14-7(20-2)5-8(15-11)21-3/h5,9,17H,6H2,1-4H3,(H2,13,16). The number of thioether (sulfide) groups is 1. The molecule has 11 heteroatoms. The summed E-state index contributed by atoms with van der Waals surface area (Å²) in [5.74, 6) is -1.16. The number of nitrogens with two attached hydrogens (primary N) is 1. The van der Waals surface area contributed by atoms with Crippen molar-refractivity contribution in [3.8, 4) is 11.8 Å². The molecule has 3 N–H and O–H groups in total. The molecular formula is C12H19N3O6S2. The van der Waals surface area contributed by atoms with Crippen LogP contribution in [0.5, 0.6) is 11.8 Å². The number of amides is 1. The fourth-order valence-corrected chi connectivity index (χ4v) is 4.13. The molecule has 130 valence electrons. The summed E-state index contributed by atoms with van der Waals surface area (Å²) in [4.78, 5) is 19.7. The minimum Gasteiger partial charge on any atom is -0.481 e. The van der Waals surface area contributed by atoms with Crippen LogP contribution in [-0.2, 0) is 14.6 Å². The third-order valence-electron chi connectivity index (χ3n) is 2.68. The van der Waals surface area contributed by atoms with Crippen molar-refractivity contribution in [2.24, 2.45) is 5.73 Å². The largest absolute Gasteiger partial charge is 0.481 e. The highest BCUT2D eigenvalue weighted by Crippen LogP contribution is 2.31. The number of methoxy groups -OCH3 is 2. The summed E-state index contributed by atoms with van der Waals surface area (Å²) in [5.41, 5.74) is 3.40. The van der Waals surface area contributed by atoms with E-state index in [4.69, 9.17) is 15.2 Å². The SMILES string of the molecule is COc1cc(OC)nc(SC(C(N)=O)C(C)(O)CS(C)(=O)=O)n1. The van der Waals surface area contributed by atoms with E-state index in [2.05, 4.69) is 9.97 Å². The first-order chi connectivity index (χ1) is 10.5. The van der Waals surface area contributed by atoms with Gasteiger partial charge in [0, 0.05) is 6.26 Å². The number of carbonyl (C=O) groups excluding carboxylic acids is 1. The number of hydrogen-bond donors (Lipinski definition) is 2. The minimum absolute atomic E-state index is 0.0544. The highest BCUT2D eigenvalue weighted by atomic mass is 32.2. The number of sulfone groups is 1. The zero-order chi connectivity index (χ0) is 17.8. The van der Waals surface area contributed by atoms with E-state index in [1.54, 1.807) is 0 Å². The summed E-state index contributed by atoms with van der Waals surface area (Å²) in [5, 5.41) is 9.15. The Morgan fingerprint density at radius 2 is 1.87 bits per heavy atom. The molecule has 0 spiro atoms. The van der Waals surface area contributed by atoms with Crippen molar-refractivity contribution in [3.05, 3.63) is 6.07 Å². The zero-order valence-electron chi connectivity index (χ0n) is 13.1. The third kappa shape index (κ3) is 5.84. The van der Waals surface area contributed by atoms with E-state index in [0.717, 1.165) is 18.0 Å². The molecule has 1 amide bonds. The maximum absolute atomic E-state index is 11.7. The lowest BCUT2D eigenvalue weighted by Crippen LogP contribution is -2.50. The summed E-state index contributed by atoms with van der Waals surface area (Å²) in [6.45, 7) is 1.22. The molecular weight excluding hydrogens is 346 g/mol. The van der Waals surface area contributed by atoms with Gasteiger partial charge in [-0.25, -0.2) is 8.42 Å². The topological polar surface area (TPSA) is 142 Å². The second kappa shape index (κ2) is 7.32. The quantitative estimate of drug-likeness (QED) is 0.449. The van der Waals surface area contributed by atoms with E-state index in [1.165, 1.54) is 27.2 Å². The van der Waals surface area contributed by atoms with Crippen molar-refractivity contribution in [1.82, 2.24) is 9.97 Å². The van der Waals surface area contributed by atoms with E-state index < -0.39 is 32.3 Å². The van der Waals surface area contributed by atoms with Crippen molar-refractivity contribution in [2.45, 2.75) is 22.9 Å². The first-order valence-electron chi connectivity index (χ1n) is 6.31. The lowest BCUT2D eigenvalue weighted by atomic mass is 10.0. The Bertz CT molecular complexity index is 655. The Labute approximate surface area is 138 Å². The number of rotatable bonds is 8. The number of nitrogens with zero attached hydrogens (tertiary/aromatic N) is 2. The molecule has 0 aliphatic rings. The van der Waals surface area contributed by atoms with Gasteiger partial charge in [-0.05, 0) is 6.92 Å². The highest BCUT2D eigenvalue weighted by molar-refractivity contribution is 8.00. The first-order valence-corrected chi connectivity index (χ1v) is 9.25. The van der Waals surface area contributed by atoms with Gasteiger partial charge < -0.3 is 20.3 Å². The average Bonchev–Trinajstić information content (AvgIpc) is 2.41. The number of primary amides is 1. The molecule has 0 fully saturated rings. The van der Waals surface area contributed by atoms with E-state index in [1.807, 2.05) is 0 Å². The number of aliphatic hydroxyl groups is 1. The van der Waals surface area contributed by atoms with Crippen molar-refractivity contribution in [2.75, 3.05) is 26.2 Å². The number of ether oxygens (including phenoxy) is 2. The predicted octanol–water partition coefficient (Wildman–Crippen LogP) is -0.765. The van der Waals surface area contributed by atoms with Crippen LogP contribution in [0.1, 0.15) is 6.92 Å². The predicted molar refractivity (Wildman–Crippen MR) is 84.3 cm³/mol. The molecule has 0 aromatic carbocycles. The molecule has 0 bridgehead atoms. The van der Waals surface area contributed by atoms with Gasteiger partial charge in [0.15, 0.2) is 5.16 Å². The lowest BCUT2D eigenvalue weighted by Gasteiger charge is -2.28. The third-order valence-corrected chi connectivity index (χ3v) is 5.16. The first kappa shape index (κ1) is 19.5. The lowest BCUT2D eigenvalue weighted by molar-refractivity contribution is -0.120. The van der Waals surface area contributed by atoms with Crippen molar-refractivity contribution >= 4 is 27.5 Å². The molecule has 9 nitrogen and oxygen atoms in total. The summed E-state index contributed by atoms with van der Waals surface area (Å²) in [7, 11) is -0.759. The van der Waals surface area contributed by atoms with Gasteiger partial charge in [-0.15, -0.1) is 0 Å². The Hall–Kier alpha value is -1.59. The molecule has 23 heavy (non-hydrogen) atoms. The van der Waals surface area contributed by atoms with Crippen LogP contribution < -0.4 is 15.2 Å². The van der Waals surface area contributed by atoms with Crippen LogP contribution in [-0.4, -0.2) is 66.5 Å². The second-order valence-electron chi connectivity index (χ2n) is 5.06. The molecule has 0 saturated carbocycles. The van der Waals surface area contributed by atoms with Crippen LogP contribution in [0.15, 0.2) is 11.2 Å². The van der Waals surface area contributed by atoms with Crippen LogP contribution in [0.3, 0.4) is 0 Å². The Balaban J connectivity index is 3.16. The molecule has 1 heterocycles. The smallest absolute Gasteiger partial charge is 0.234 e. The normalized spacial score (nSPS) is 15.5. The van der Waals surface area contributed by atoms with Crippen molar-refractivity contribution in [1.29, 1.82) is 0 Å². The van der Waals surface area contributed by atoms with Crippen LogP contribution in [0.2, 0.25) is 0 Å². The summed E-state index contributed by atoms with van der Waals surface area (Å²) >= 11 is 0.732. The molecule has 2 unspecified atom stereocenters. The van der Waals surface area contributed by atoms with Crippen LogP contribution >= 0.6 is 11.8 Å². The fraction of sp³-hybridized carbons (Fsp3) is 0.583. The van der Waals surface area contributed by atoms with Gasteiger partial charge in [0.1, 0.15) is 15.1 Å². The average molecular weight is 365 g/mol. The van der Waals surface area contributed by atoms with Crippen molar-refractivity contribution in [3.63, 3.8) is 0 Å². The summed E-state index contributed by atoms with van der Waals surface area (Å²) < 4.78 is 32.8. The Morgan fingerprint density at radius 1 is 1.39 bits per heavy atom. The van der Waals surface area contributed by atoms with Crippen LogP contribution in [0, 0.1) is 0 Å². The van der Waals surface area contributed by atoms with Gasteiger partial charge >= 0.3 is 0 Å². The maximum atomic E-state index is 11.7. The minimum atomic E-state index is -3.54. The Morgan fingerprint density at radius 3 is 2.22 bits per heavy atom. The second-order valence-corrected chi connectivity index (χ2v) is 8.28. The summed E-state index contributed by atoms with van der Waals surface area (Å²) in [6.07, 6.45) is 0.954. The molecule has 1 aromatic rings. The molecule has 0 aliphatic carbocycles. The van der Waals surface area contributed by atoms with Crippen LogP contribution in [0.25, 0.3) is 0 Å². The van der Waals surface area contributed by atoms with E-state index in [0.29, 0.717) is 0 Å². The molecule has 0 saturated heterocycles. The molecule has 0 aliphatic heterocycles. The monoisotopic (exact) mass is 365 g/mol. The van der Waals surface area contributed by atoms with Gasteiger partial charge in [-0.1, -0.05) is 11.8 Å². The number of aromatic nitrogens is 2. The number of carbonyl (C=O) groups is 1. The van der Waals surface area contributed by atoms with Gasteiger partial charge in [0.25, 0.3) is 0 Å². The van der Waals surface area contributed by atoms with E-state index in [-0.39, 0.29) is 16.9 Å². The molecule has 2 atom stereocenters. The van der Waals surface area contributed by atoms with E-state index >= 15 is 0 Å². The molecule has 1 aromatic heterocycles. The summed E-state index contributed by atoms with van der Waals surface area (Å²) in [6, 6.07) is 1.43. The Kier molecular flexibility index (Phi) is 6.19. The molecule has 0 radical (unpaired) electrons. The molecule has 1 rings (SSSR count). The maximum Gasteiger partial charge on any atom is 0.234 e. The number of hydrogen-bond acceptors (Lipinski definition) is 9. The van der Waals surface area contributed by atoms with Gasteiger partial charge in [-0.3, -0.25) is 4.79 Å². The van der Waals surface area contributed by atoms with Gasteiger partial charge in [0.05, 0.1) is 31.6 Å². The van der Waals surface area contributed by atoms with Crippen molar-refractivity contribution < 1.29 is 27.8 Å². The fourth-order valence-electron chi connectivity index (χ4n) is 1.85. The van der Waals surface area contributed by atoms with Gasteiger partial charge in [0.2, 0.25) is 17.7 Å². The zero-order valence-corrected chi connectivity index (χ0v) is 14.8. The van der Waals surface area contributed by atoms with Crippen LogP contribution in [0.4, 0.5) is 0 Å². The van der Waals surface area contributed by atoms with E-state index in [9.17, 15) is 18.3 Å².